The van der Waals surface area contributed by atoms with Crippen LogP contribution in [0.3, 0.4) is 0 Å². The Morgan fingerprint density at radius 1 is 1.54 bits per heavy atom. The van der Waals surface area contributed by atoms with Crippen molar-refractivity contribution in [1.29, 1.82) is 0 Å². The second-order valence-corrected chi connectivity index (χ2v) is 6.69. The van der Waals surface area contributed by atoms with E-state index < -0.39 is 20.0 Å². The first-order valence-corrected chi connectivity index (χ1v) is 8.59. The maximum Gasteiger partial charge on any atom is 0.351 e. The third-order valence-corrected chi connectivity index (χ3v) is 3.93. The topological polar surface area (TPSA) is 110 Å². The van der Waals surface area contributed by atoms with Crippen molar-refractivity contribution in [1.82, 2.24) is 19.5 Å². The molecule has 2 aromatic heterocycles. The monoisotopic (exact) mass is 426 g/mol. The summed E-state index contributed by atoms with van der Waals surface area (Å²) in [7, 11) is -4.26. The van der Waals surface area contributed by atoms with E-state index in [1.807, 2.05) is 13.8 Å². The number of hydrogen-bond donors (Lipinski definition) is 2. The summed E-state index contributed by atoms with van der Waals surface area (Å²) >= 11 is 0. The summed E-state index contributed by atoms with van der Waals surface area (Å²) in [4.78, 5) is 30.2. The summed E-state index contributed by atoms with van der Waals surface area (Å²) in [5.74, 6) is 0. The Morgan fingerprint density at radius 2 is 2.21 bits per heavy atom. The number of rotatable bonds is 7. The molecule has 0 spiro atoms. The fourth-order valence-electron chi connectivity index (χ4n) is 2.12. The molecule has 0 aliphatic heterocycles. The van der Waals surface area contributed by atoms with Crippen molar-refractivity contribution in [3.8, 4) is 0 Å². The molecule has 127 valence electrons. The van der Waals surface area contributed by atoms with Gasteiger partial charge in [-0.15, -0.1) is 6.58 Å². The van der Waals surface area contributed by atoms with E-state index >= 15 is 0 Å². The van der Waals surface area contributed by atoms with Crippen LogP contribution in [0.15, 0.2) is 31.1 Å². The van der Waals surface area contributed by atoms with E-state index in [0.29, 0.717) is 22.4 Å². The molecule has 0 saturated heterocycles. The van der Waals surface area contributed by atoms with E-state index in [1.165, 1.54) is 6.08 Å². The van der Waals surface area contributed by atoms with Crippen molar-refractivity contribution >= 4 is 18.8 Å². The molecular formula is C14H18N4O4PY-. The minimum absolute atomic E-state index is 0. The molecule has 2 atom stereocenters. The molecule has 2 heterocycles. The summed E-state index contributed by atoms with van der Waals surface area (Å²) in [6.45, 7) is 11.3. The van der Waals surface area contributed by atoms with Gasteiger partial charge in [0, 0.05) is 56.2 Å². The average molecular weight is 426 g/mol. The largest absolute Gasteiger partial charge is 0.369 e. The number of aryl methyl sites for hydroxylation is 1. The molecular weight excluding hydrogens is 408 g/mol. The number of ether oxygens (including phenoxy) is 1. The standard InChI is InChI=1S/C14H18N4O4P.Y/c1-5-12(22-8-23(19,20)21)9(2)11(4)18-7-17-13-10(3)15-6-16-14(13)18;/h5,7,11-12H,1-2,8H2,3-4H3,(H2,19,20,21);/q-1;/t11-,12+;/m0./s1. The Labute approximate surface area is 165 Å². The summed E-state index contributed by atoms with van der Waals surface area (Å²) in [5.41, 5.74) is 2.55. The van der Waals surface area contributed by atoms with Crippen LogP contribution in [0.4, 0.5) is 0 Å². The molecule has 2 rings (SSSR count). The van der Waals surface area contributed by atoms with E-state index in [0.717, 1.165) is 0 Å². The SMILES string of the molecule is C=C[C@@H](OCP(=O)(O)O)C(=C)[C@H](C)n1cnc2c(C)n[c-]nc21.[Y]. The molecule has 2 aromatic rings. The van der Waals surface area contributed by atoms with Crippen LogP contribution < -0.4 is 0 Å². The van der Waals surface area contributed by atoms with Crippen LogP contribution in [0.1, 0.15) is 18.7 Å². The van der Waals surface area contributed by atoms with Gasteiger partial charge in [-0.05, 0) is 18.2 Å². The molecule has 0 aliphatic rings. The van der Waals surface area contributed by atoms with E-state index in [1.54, 1.807) is 10.9 Å². The predicted octanol–water partition coefficient (Wildman–Crippen LogP) is 1.76. The minimum atomic E-state index is -4.26. The van der Waals surface area contributed by atoms with E-state index in [9.17, 15) is 4.57 Å². The van der Waals surface area contributed by atoms with Gasteiger partial charge in [0.05, 0.1) is 12.4 Å². The maximum absolute atomic E-state index is 11.0. The number of aromatic nitrogens is 4. The molecule has 8 nitrogen and oxygen atoms in total. The summed E-state index contributed by atoms with van der Waals surface area (Å²) < 4.78 is 17.9. The minimum Gasteiger partial charge on any atom is -0.369 e. The fourth-order valence-corrected chi connectivity index (χ4v) is 2.48. The number of imidazole rings is 1. The van der Waals surface area contributed by atoms with Crippen LogP contribution in [0.5, 0.6) is 0 Å². The molecule has 0 fully saturated rings. The quantitative estimate of drug-likeness (QED) is 0.394. The first-order valence-electron chi connectivity index (χ1n) is 6.79. The molecule has 0 amide bonds. The van der Waals surface area contributed by atoms with Gasteiger partial charge in [-0.1, -0.05) is 19.6 Å². The molecule has 0 aromatic carbocycles. The van der Waals surface area contributed by atoms with Gasteiger partial charge in [-0.2, -0.15) is 0 Å². The average Bonchev–Trinajstić information content (AvgIpc) is 2.91. The second-order valence-electron chi connectivity index (χ2n) is 5.10. The Bertz CT molecular complexity index is 788. The van der Waals surface area contributed by atoms with Crippen LogP contribution in [0.2, 0.25) is 0 Å². The molecule has 0 saturated carbocycles. The summed E-state index contributed by atoms with van der Waals surface area (Å²) in [6, 6.07) is -0.275. The zero-order chi connectivity index (χ0) is 17.2. The molecule has 0 bridgehead atoms. The zero-order valence-corrected chi connectivity index (χ0v) is 17.2. The second kappa shape index (κ2) is 8.56. The molecule has 2 N–H and O–H groups in total. The Balaban J connectivity index is 0.00000288. The van der Waals surface area contributed by atoms with Crippen LogP contribution in [0.25, 0.3) is 11.2 Å². The number of fused-ring (bicyclic) bond motifs is 1. The first-order chi connectivity index (χ1) is 10.7. The normalized spacial score (nSPS) is 14.0. The van der Waals surface area contributed by atoms with Gasteiger partial charge in [0.25, 0.3) is 0 Å². The Hall–Kier alpha value is -0.756. The molecule has 24 heavy (non-hydrogen) atoms. The van der Waals surface area contributed by atoms with Crippen LogP contribution in [-0.4, -0.2) is 41.8 Å². The van der Waals surface area contributed by atoms with Crippen molar-refractivity contribution < 1.29 is 51.8 Å². The molecule has 0 unspecified atom stereocenters. The number of nitrogens with zero attached hydrogens (tertiary/aromatic N) is 4. The van der Waals surface area contributed by atoms with Gasteiger partial charge >= 0.3 is 7.60 Å². The van der Waals surface area contributed by atoms with Gasteiger partial charge in [0.2, 0.25) is 0 Å². The van der Waals surface area contributed by atoms with Crippen LogP contribution >= 0.6 is 7.60 Å². The van der Waals surface area contributed by atoms with E-state index in [2.05, 4.69) is 34.4 Å². The number of hydrogen-bond acceptors (Lipinski definition) is 5. The van der Waals surface area contributed by atoms with Crippen molar-refractivity contribution in [2.75, 3.05) is 6.35 Å². The van der Waals surface area contributed by atoms with Gasteiger partial charge < -0.3 is 29.1 Å². The fraction of sp³-hybridized carbons (Fsp3) is 0.357. The zero-order valence-electron chi connectivity index (χ0n) is 13.5. The third kappa shape index (κ3) is 4.88. The van der Waals surface area contributed by atoms with E-state index in [-0.39, 0.29) is 38.8 Å². The smallest absolute Gasteiger partial charge is 0.351 e. The maximum atomic E-state index is 11.0. The van der Waals surface area contributed by atoms with E-state index in [4.69, 9.17) is 14.5 Å². The molecule has 0 aliphatic carbocycles. The Morgan fingerprint density at radius 3 is 2.79 bits per heavy atom. The summed E-state index contributed by atoms with van der Waals surface area (Å²) in [5, 5.41) is 0. The molecule has 10 heteroatoms. The van der Waals surface area contributed by atoms with Gasteiger partial charge in [0.1, 0.15) is 6.35 Å². The Kier molecular flexibility index (Phi) is 7.59. The van der Waals surface area contributed by atoms with Crippen molar-refractivity contribution in [3.63, 3.8) is 0 Å². The third-order valence-electron chi connectivity index (χ3n) is 3.44. The summed E-state index contributed by atoms with van der Waals surface area (Å²) in [6.07, 6.45) is 4.22. The van der Waals surface area contributed by atoms with Gasteiger partial charge in [-0.25, -0.2) is 0 Å². The van der Waals surface area contributed by atoms with Gasteiger partial charge in [-0.3, -0.25) is 9.55 Å². The first kappa shape index (κ1) is 21.3. The van der Waals surface area contributed by atoms with Crippen LogP contribution in [0, 0.1) is 13.3 Å². The van der Waals surface area contributed by atoms with Crippen molar-refractivity contribution in [2.45, 2.75) is 26.0 Å². The van der Waals surface area contributed by atoms with Crippen LogP contribution in [-0.2, 0) is 42.0 Å². The predicted molar refractivity (Wildman–Crippen MR) is 84.7 cm³/mol. The van der Waals surface area contributed by atoms with Crippen molar-refractivity contribution in [3.05, 3.63) is 43.2 Å². The molecule has 1 radical (unpaired) electrons. The van der Waals surface area contributed by atoms with Gasteiger partial charge in [0.15, 0.2) is 0 Å². The van der Waals surface area contributed by atoms with Crippen molar-refractivity contribution in [2.24, 2.45) is 0 Å².